The van der Waals surface area contributed by atoms with Crippen molar-refractivity contribution in [2.75, 3.05) is 12.4 Å². The maximum Gasteiger partial charge on any atom is 0.387 e. The molecule has 0 aliphatic rings. The highest BCUT2D eigenvalue weighted by atomic mass is 32.1. The minimum absolute atomic E-state index is 0.0712. The second kappa shape index (κ2) is 8.44. The molecule has 0 atom stereocenters. The molecular weight excluding hydrogens is 358 g/mol. The summed E-state index contributed by atoms with van der Waals surface area (Å²) in [5.74, 6) is 0.0712. The van der Waals surface area contributed by atoms with E-state index in [0.717, 1.165) is 29.1 Å². The number of nitrogens with zero attached hydrogens (tertiary/aromatic N) is 3. The van der Waals surface area contributed by atoms with Gasteiger partial charge in [-0.05, 0) is 57.6 Å². The van der Waals surface area contributed by atoms with E-state index < -0.39 is 6.61 Å². The summed E-state index contributed by atoms with van der Waals surface area (Å²) in [4.78, 5) is 1.85. The first-order valence-electron chi connectivity index (χ1n) is 8.33. The Labute approximate surface area is 157 Å². The highest BCUT2D eigenvalue weighted by Crippen LogP contribution is 2.28. The molecule has 142 valence electrons. The predicted molar refractivity (Wildman–Crippen MR) is 103 cm³/mol. The number of halogens is 2. The number of hydrogen-bond acceptors (Lipinski definition) is 3. The number of anilines is 1. The smallest absolute Gasteiger partial charge is 0.387 e. The topological polar surface area (TPSA) is 42.3 Å². The lowest BCUT2D eigenvalue weighted by atomic mass is 10.2. The molecule has 0 aliphatic heterocycles. The number of nitrogens with one attached hydrogen (secondary N) is 1. The van der Waals surface area contributed by atoms with Crippen LogP contribution in [0.1, 0.15) is 29.4 Å². The number of aryl methyl sites for hydroxylation is 3. The van der Waals surface area contributed by atoms with Crippen LogP contribution in [0.2, 0.25) is 0 Å². The fraction of sp³-hybridized carbons (Fsp3) is 0.444. The van der Waals surface area contributed by atoms with E-state index in [-0.39, 0.29) is 5.75 Å². The van der Waals surface area contributed by atoms with Gasteiger partial charge in [-0.2, -0.15) is 13.9 Å². The largest absolute Gasteiger partial charge is 0.433 e. The van der Waals surface area contributed by atoms with Crippen LogP contribution in [-0.2, 0) is 13.1 Å². The molecule has 0 aliphatic carbocycles. The van der Waals surface area contributed by atoms with E-state index in [1.165, 1.54) is 0 Å². The van der Waals surface area contributed by atoms with Crippen LogP contribution in [0, 0.1) is 20.8 Å². The summed E-state index contributed by atoms with van der Waals surface area (Å²) in [6.07, 6.45) is 0. The zero-order valence-corrected chi connectivity index (χ0v) is 16.5. The van der Waals surface area contributed by atoms with Crippen molar-refractivity contribution in [1.82, 2.24) is 14.7 Å². The van der Waals surface area contributed by atoms with Crippen LogP contribution < -0.4 is 10.1 Å². The predicted octanol–water partition coefficient (Wildman–Crippen LogP) is 4.26. The zero-order valence-electron chi connectivity index (χ0n) is 15.6. The molecule has 0 bridgehead atoms. The van der Waals surface area contributed by atoms with Gasteiger partial charge in [-0.15, -0.1) is 0 Å². The van der Waals surface area contributed by atoms with Gasteiger partial charge in [0.2, 0.25) is 0 Å². The van der Waals surface area contributed by atoms with Gasteiger partial charge in [-0.3, -0.25) is 4.68 Å². The third-order valence-electron chi connectivity index (χ3n) is 4.17. The summed E-state index contributed by atoms with van der Waals surface area (Å²) in [6.45, 7) is 6.32. The lowest BCUT2D eigenvalue weighted by Crippen LogP contribution is -2.31. The normalized spacial score (nSPS) is 10.9. The van der Waals surface area contributed by atoms with Crippen LogP contribution in [0.4, 0.5) is 14.5 Å². The van der Waals surface area contributed by atoms with E-state index in [1.807, 2.05) is 50.4 Å². The van der Waals surface area contributed by atoms with E-state index >= 15 is 0 Å². The summed E-state index contributed by atoms with van der Waals surface area (Å²) in [5, 5.41) is 7.91. The van der Waals surface area contributed by atoms with E-state index in [9.17, 15) is 8.78 Å². The molecule has 0 amide bonds. The van der Waals surface area contributed by atoms with Crippen LogP contribution in [0.15, 0.2) is 18.2 Å². The molecular formula is C18H24F2N4OS. The van der Waals surface area contributed by atoms with Crippen LogP contribution in [0.3, 0.4) is 0 Å². The average molecular weight is 382 g/mol. The molecule has 5 nitrogen and oxygen atoms in total. The first-order valence-corrected chi connectivity index (χ1v) is 8.74. The van der Waals surface area contributed by atoms with Gasteiger partial charge in [0.1, 0.15) is 5.75 Å². The van der Waals surface area contributed by atoms with E-state index in [0.29, 0.717) is 17.3 Å². The molecule has 0 saturated carbocycles. The molecule has 0 unspecified atom stereocenters. The third kappa shape index (κ3) is 4.69. The van der Waals surface area contributed by atoms with Crippen LogP contribution in [-0.4, -0.2) is 33.5 Å². The Morgan fingerprint density at radius 1 is 1.35 bits per heavy atom. The monoisotopic (exact) mass is 382 g/mol. The number of benzene rings is 1. The molecule has 2 rings (SSSR count). The number of aromatic nitrogens is 2. The van der Waals surface area contributed by atoms with Gasteiger partial charge in [0.05, 0.1) is 11.4 Å². The molecule has 0 radical (unpaired) electrons. The summed E-state index contributed by atoms with van der Waals surface area (Å²) >= 11 is 5.43. The molecule has 1 N–H and O–H groups in total. The highest BCUT2D eigenvalue weighted by Gasteiger charge is 2.16. The van der Waals surface area contributed by atoms with Crippen molar-refractivity contribution in [3.63, 3.8) is 0 Å². The summed E-state index contributed by atoms with van der Waals surface area (Å²) in [7, 11) is 1.85. The molecule has 8 heteroatoms. The lowest BCUT2D eigenvalue weighted by molar-refractivity contribution is -0.0493. The van der Waals surface area contributed by atoms with Crippen molar-refractivity contribution in [3.05, 3.63) is 40.7 Å². The molecule has 1 aromatic carbocycles. The summed E-state index contributed by atoms with van der Waals surface area (Å²) in [6, 6.07) is 5.04. The van der Waals surface area contributed by atoms with Crippen LogP contribution in [0.25, 0.3) is 0 Å². The fourth-order valence-electron chi connectivity index (χ4n) is 2.72. The Morgan fingerprint density at radius 2 is 2.04 bits per heavy atom. The van der Waals surface area contributed by atoms with Gasteiger partial charge in [0, 0.05) is 31.4 Å². The molecule has 1 aromatic heterocycles. The Balaban J connectivity index is 2.14. The maximum absolute atomic E-state index is 12.6. The van der Waals surface area contributed by atoms with E-state index in [4.69, 9.17) is 12.2 Å². The average Bonchev–Trinajstić information content (AvgIpc) is 2.84. The van der Waals surface area contributed by atoms with Crippen molar-refractivity contribution in [2.45, 2.75) is 47.4 Å². The van der Waals surface area contributed by atoms with Gasteiger partial charge in [-0.25, -0.2) is 0 Å². The summed E-state index contributed by atoms with van der Waals surface area (Å²) in [5.41, 5.74) is 4.38. The quantitative estimate of drug-likeness (QED) is 0.756. The number of alkyl halides is 2. The van der Waals surface area contributed by atoms with Gasteiger partial charge >= 0.3 is 6.61 Å². The van der Waals surface area contributed by atoms with Crippen molar-refractivity contribution < 1.29 is 13.5 Å². The third-order valence-corrected chi connectivity index (χ3v) is 4.58. The van der Waals surface area contributed by atoms with Gasteiger partial charge in [0.15, 0.2) is 5.11 Å². The van der Waals surface area contributed by atoms with Gasteiger partial charge in [0.25, 0.3) is 0 Å². The second-order valence-electron chi connectivity index (χ2n) is 6.13. The minimum atomic E-state index is -2.89. The first kappa shape index (κ1) is 20.1. The molecule has 0 fully saturated rings. The lowest BCUT2D eigenvalue weighted by Gasteiger charge is -2.22. The Hall–Kier alpha value is -2.22. The minimum Gasteiger partial charge on any atom is -0.433 e. The molecule has 1 heterocycles. The maximum atomic E-state index is 12.6. The first-order chi connectivity index (χ1) is 12.2. The molecule has 0 spiro atoms. The SMILES string of the molecule is CCn1nc(C)c(CN(C)C(=S)Nc2ccc(C)cc2OC(F)F)c1C. The van der Waals surface area contributed by atoms with E-state index in [2.05, 4.69) is 15.2 Å². The fourth-order valence-corrected chi connectivity index (χ4v) is 2.89. The molecule has 0 saturated heterocycles. The van der Waals surface area contributed by atoms with Crippen molar-refractivity contribution >= 4 is 23.0 Å². The number of ether oxygens (including phenoxy) is 1. The Bertz CT molecular complexity index is 792. The van der Waals surface area contributed by atoms with Gasteiger partial charge in [-0.1, -0.05) is 6.07 Å². The standard InChI is InChI=1S/C18H24F2N4OS/c1-6-24-13(4)14(12(3)22-24)10-23(5)18(26)21-15-8-7-11(2)9-16(15)25-17(19)20/h7-9,17H,6,10H2,1-5H3,(H,21,26). The number of rotatable bonds is 6. The number of hydrogen-bond donors (Lipinski definition) is 1. The van der Waals surface area contributed by atoms with Crippen LogP contribution in [0.5, 0.6) is 5.75 Å². The Morgan fingerprint density at radius 3 is 2.62 bits per heavy atom. The number of thiocarbonyl (C=S) groups is 1. The summed E-state index contributed by atoms with van der Waals surface area (Å²) < 4.78 is 31.8. The highest BCUT2D eigenvalue weighted by molar-refractivity contribution is 7.80. The van der Waals surface area contributed by atoms with Gasteiger partial charge < -0.3 is 15.0 Å². The Kier molecular flexibility index (Phi) is 6.52. The van der Waals surface area contributed by atoms with Crippen molar-refractivity contribution in [1.29, 1.82) is 0 Å². The molecule has 26 heavy (non-hydrogen) atoms. The van der Waals surface area contributed by atoms with Crippen molar-refractivity contribution in [3.8, 4) is 5.75 Å². The zero-order chi connectivity index (χ0) is 19.4. The van der Waals surface area contributed by atoms with Crippen molar-refractivity contribution in [2.24, 2.45) is 0 Å². The second-order valence-corrected chi connectivity index (χ2v) is 6.52. The molecule has 2 aromatic rings. The van der Waals surface area contributed by atoms with Crippen LogP contribution >= 0.6 is 12.2 Å². The van der Waals surface area contributed by atoms with E-state index in [1.54, 1.807) is 12.1 Å².